The summed E-state index contributed by atoms with van der Waals surface area (Å²) in [7, 11) is -0.505. The summed E-state index contributed by atoms with van der Waals surface area (Å²) in [6.45, 7) is 8.62. The molecule has 10 heteroatoms. The summed E-state index contributed by atoms with van der Waals surface area (Å²) in [4.78, 5) is 22.5. The zero-order valence-corrected chi connectivity index (χ0v) is 16.2. The first-order chi connectivity index (χ1) is 12.6. The number of nitrogens with zero attached hydrogens (tertiary/aromatic N) is 3. The van der Waals surface area contributed by atoms with Crippen LogP contribution in [0.3, 0.4) is 0 Å². The average Bonchev–Trinajstić information content (AvgIpc) is 3.16. The number of carbonyl (C=O) groups excluding carboxylic acids is 1. The molecule has 2 aliphatic heterocycles. The third-order valence-corrected chi connectivity index (χ3v) is 5.48. The lowest BCUT2D eigenvalue weighted by molar-refractivity contribution is -0.131. The van der Waals surface area contributed by atoms with Crippen molar-refractivity contribution in [2.75, 3.05) is 24.6 Å². The SMILES string of the molecule is CC1(C)OB(c2cnc(N3CC[C@H](NC(=O)[C@H](O)CO)C3)nc2)OC1(C)C. The van der Waals surface area contributed by atoms with E-state index in [1.807, 2.05) is 32.6 Å². The Morgan fingerprint density at radius 3 is 2.48 bits per heavy atom. The molecule has 1 aromatic rings. The van der Waals surface area contributed by atoms with Gasteiger partial charge in [-0.3, -0.25) is 4.79 Å². The van der Waals surface area contributed by atoms with Crippen molar-refractivity contribution < 1.29 is 24.3 Å². The minimum Gasteiger partial charge on any atom is -0.399 e. The highest BCUT2D eigenvalue weighted by molar-refractivity contribution is 6.61. The van der Waals surface area contributed by atoms with E-state index in [9.17, 15) is 9.90 Å². The van der Waals surface area contributed by atoms with Crippen LogP contribution in [0.1, 0.15) is 34.1 Å². The van der Waals surface area contributed by atoms with Crippen LogP contribution in [0.15, 0.2) is 12.4 Å². The molecule has 0 bridgehead atoms. The van der Waals surface area contributed by atoms with Crippen LogP contribution in [0.2, 0.25) is 0 Å². The molecule has 2 atom stereocenters. The summed E-state index contributed by atoms with van der Waals surface area (Å²) in [5, 5.41) is 20.9. The molecule has 0 aliphatic carbocycles. The molecule has 0 spiro atoms. The maximum absolute atomic E-state index is 11.7. The first-order valence-corrected chi connectivity index (χ1v) is 9.15. The Morgan fingerprint density at radius 2 is 1.93 bits per heavy atom. The van der Waals surface area contributed by atoms with Crippen LogP contribution in [0.5, 0.6) is 0 Å². The van der Waals surface area contributed by atoms with Crippen molar-refractivity contribution in [3.05, 3.63) is 12.4 Å². The van der Waals surface area contributed by atoms with Crippen LogP contribution in [0, 0.1) is 0 Å². The van der Waals surface area contributed by atoms with Crippen LogP contribution >= 0.6 is 0 Å². The maximum atomic E-state index is 11.7. The fraction of sp³-hybridized carbons (Fsp3) is 0.706. The van der Waals surface area contributed by atoms with Crippen molar-refractivity contribution >= 4 is 24.4 Å². The van der Waals surface area contributed by atoms with Gasteiger partial charge in [-0.2, -0.15) is 0 Å². The van der Waals surface area contributed by atoms with Crippen molar-refractivity contribution in [2.45, 2.75) is 57.5 Å². The van der Waals surface area contributed by atoms with E-state index in [-0.39, 0.29) is 6.04 Å². The lowest BCUT2D eigenvalue weighted by atomic mass is 9.81. The summed E-state index contributed by atoms with van der Waals surface area (Å²) < 4.78 is 12.0. The predicted octanol–water partition coefficient (Wildman–Crippen LogP) is -1.18. The van der Waals surface area contributed by atoms with Crippen molar-refractivity contribution in [3.63, 3.8) is 0 Å². The van der Waals surface area contributed by atoms with E-state index in [2.05, 4.69) is 15.3 Å². The Morgan fingerprint density at radius 1 is 1.33 bits per heavy atom. The fourth-order valence-corrected chi connectivity index (χ4v) is 3.04. The number of amides is 1. The Kier molecular flexibility index (Phi) is 5.44. The molecule has 2 aliphatic rings. The van der Waals surface area contributed by atoms with E-state index in [4.69, 9.17) is 14.4 Å². The highest BCUT2D eigenvalue weighted by atomic mass is 16.7. The van der Waals surface area contributed by atoms with Gasteiger partial charge in [-0.25, -0.2) is 9.97 Å². The molecule has 2 fully saturated rings. The van der Waals surface area contributed by atoms with E-state index in [1.54, 1.807) is 12.4 Å². The molecule has 0 aromatic carbocycles. The smallest absolute Gasteiger partial charge is 0.399 e. The molecule has 1 amide bonds. The minimum atomic E-state index is -1.39. The average molecular weight is 378 g/mol. The van der Waals surface area contributed by atoms with Gasteiger partial charge in [0.2, 0.25) is 5.95 Å². The number of aliphatic hydroxyl groups excluding tert-OH is 2. The van der Waals surface area contributed by atoms with Gasteiger partial charge in [0.15, 0.2) is 6.10 Å². The molecule has 3 heterocycles. The summed E-state index contributed by atoms with van der Waals surface area (Å²) in [5.41, 5.74) is -0.0846. The number of hydrogen-bond donors (Lipinski definition) is 3. The molecule has 1 aromatic heterocycles. The molecule has 0 unspecified atom stereocenters. The second kappa shape index (κ2) is 7.35. The lowest BCUT2D eigenvalue weighted by Crippen LogP contribution is -2.44. The third-order valence-electron chi connectivity index (χ3n) is 5.48. The van der Waals surface area contributed by atoms with Crippen LogP contribution in [0.25, 0.3) is 0 Å². The summed E-state index contributed by atoms with van der Waals surface area (Å²) in [5.74, 6) is -0.00361. The third kappa shape index (κ3) is 4.08. The fourth-order valence-electron chi connectivity index (χ4n) is 3.04. The zero-order valence-electron chi connectivity index (χ0n) is 16.2. The Bertz CT molecular complexity index is 668. The van der Waals surface area contributed by atoms with Gasteiger partial charge in [-0.1, -0.05) is 0 Å². The molecular formula is C17H27BN4O5. The van der Waals surface area contributed by atoms with Gasteiger partial charge >= 0.3 is 7.12 Å². The second-order valence-corrected chi connectivity index (χ2v) is 8.04. The van der Waals surface area contributed by atoms with Crippen molar-refractivity contribution in [3.8, 4) is 0 Å². The van der Waals surface area contributed by atoms with E-state index in [1.165, 1.54) is 0 Å². The molecular weight excluding hydrogens is 351 g/mol. The quantitative estimate of drug-likeness (QED) is 0.549. The Hall–Kier alpha value is -1.75. The van der Waals surface area contributed by atoms with Gasteiger partial charge in [-0.05, 0) is 34.1 Å². The largest absolute Gasteiger partial charge is 0.498 e. The Labute approximate surface area is 159 Å². The van der Waals surface area contributed by atoms with Gasteiger partial charge in [0.1, 0.15) is 0 Å². The van der Waals surface area contributed by atoms with E-state index in [0.717, 1.165) is 5.46 Å². The number of rotatable bonds is 5. The molecule has 2 saturated heterocycles. The van der Waals surface area contributed by atoms with Gasteiger partial charge in [0, 0.05) is 37.0 Å². The Balaban J connectivity index is 1.60. The number of aromatic nitrogens is 2. The minimum absolute atomic E-state index is 0.120. The standard InChI is InChI=1S/C17H27BN4O5/c1-16(2)17(3,4)27-18(26-16)11-7-19-15(20-8-11)22-6-5-12(9-22)21-14(25)13(24)10-23/h7-8,12-13,23-24H,5-6,9-10H2,1-4H3,(H,21,25)/t12-,13+/m0/s1. The molecule has 9 nitrogen and oxygen atoms in total. The molecule has 3 rings (SSSR count). The lowest BCUT2D eigenvalue weighted by Gasteiger charge is -2.32. The van der Waals surface area contributed by atoms with Crippen molar-refractivity contribution in [1.82, 2.24) is 15.3 Å². The summed E-state index contributed by atoms with van der Waals surface area (Å²) in [6.07, 6.45) is 2.72. The van der Waals surface area contributed by atoms with Crippen molar-refractivity contribution in [1.29, 1.82) is 0 Å². The molecule has 148 valence electrons. The summed E-state index contributed by atoms with van der Waals surface area (Å²) in [6, 6.07) is -0.120. The number of aliphatic hydroxyl groups is 2. The molecule has 3 N–H and O–H groups in total. The van der Waals surface area contributed by atoms with Crippen LogP contribution in [0.4, 0.5) is 5.95 Å². The van der Waals surface area contributed by atoms with E-state index < -0.39 is 36.9 Å². The molecule has 0 radical (unpaired) electrons. The number of carbonyl (C=O) groups is 1. The van der Waals surface area contributed by atoms with Gasteiger partial charge in [0.25, 0.3) is 5.91 Å². The predicted molar refractivity (Wildman–Crippen MR) is 99.6 cm³/mol. The normalized spacial score (nSPS) is 24.9. The maximum Gasteiger partial charge on any atom is 0.498 e. The van der Waals surface area contributed by atoms with E-state index >= 15 is 0 Å². The van der Waals surface area contributed by atoms with Gasteiger partial charge in [-0.15, -0.1) is 0 Å². The highest BCUT2D eigenvalue weighted by Gasteiger charge is 2.52. The number of nitrogens with one attached hydrogen (secondary N) is 1. The number of anilines is 1. The highest BCUT2D eigenvalue weighted by Crippen LogP contribution is 2.36. The van der Waals surface area contributed by atoms with Crippen molar-refractivity contribution in [2.24, 2.45) is 0 Å². The summed E-state index contributed by atoms with van der Waals surface area (Å²) >= 11 is 0. The van der Waals surface area contributed by atoms with Crippen LogP contribution in [-0.4, -0.2) is 76.3 Å². The molecule has 27 heavy (non-hydrogen) atoms. The second-order valence-electron chi connectivity index (χ2n) is 8.04. The van der Waals surface area contributed by atoms with E-state index in [0.29, 0.717) is 25.5 Å². The van der Waals surface area contributed by atoms with Gasteiger partial charge in [0.05, 0.1) is 17.8 Å². The zero-order chi connectivity index (χ0) is 19.8. The van der Waals surface area contributed by atoms with Crippen LogP contribution < -0.4 is 15.7 Å². The van der Waals surface area contributed by atoms with Crippen LogP contribution in [-0.2, 0) is 14.1 Å². The van der Waals surface area contributed by atoms with Gasteiger partial charge < -0.3 is 29.7 Å². The number of hydrogen-bond acceptors (Lipinski definition) is 8. The topological polar surface area (TPSA) is 117 Å². The molecule has 0 saturated carbocycles. The first kappa shape index (κ1) is 20.0. The first-order valence-electron chi connectivity index (χ1n) is 9.15. The monoisotopic (exact) mass is 378 g/mol.